The summed E-state index contributed by atoms with van der Waals surface area (Å²) in [4.78, 5) is 0. The molecule has 106 valence electrons. The molecule has 0 aromatic heterocycles. The average Bonchev–Trinajstić information content (AvgIpc) is 2.86. The molecule has 0 saturated heterocycles. The molecule has 2 nitrogen and oxygen atoms in total. The molecule has 1 aliphatic carbocycles. The maximum Gasteiger partial charge on any atom is 0.0449 e. The van der Waals surface area contributed by atoms with Gasteiger partial charge in [0, 0.05) is 15.5 Å². The average molecular weight is 346 g/mol. The van der Waals surface area contributed by atoms with Gasteiger partial charge >= 0.3 is 0 Å². The van der Waals surface area contributed by atoms with Gasteiger partial charge in [0.05, 0.1) is 0 Å². The third-order valence-corrected chi connectivity index (χ3v) is 5.24. The van der Waals surface area contributed by atoms with Gasteiger partial charge < -0.3 is 0 Å². The molecule has 4 heteroatoms. The van der Waals surface area contributed by atoms with Crippen molar-refractivity contribution in [1.29, 1.82) is 0 Å². The predicted molar refractivity (Wildman–Crippen MR) is 85.1 cm³/mol. The lowest BCUT2D eigenvalue weighted by atomic mass is 9.91. The normalized spacial score (nSPS) is 24.6. The van der Waals surface area contributed by atoms with Gasteiger partial charge in [-0.3, -0.25) is 11.3 Å². The number of halogens is 2. The van der Waals surface area contributed by atoms with Crippen molar-refractivity contribution in [3.63, 3.8) is 0 Å². The molecule has 1 aromatic carbocycles. The van der Waals surface area contributed by atoms with E-state index in [2.05, 4.69) is 34.3 Å². The highest BCUT2D eigenvalue weighted by atomic mass is 79.9. The third-order valence-electron chi connectivity index (χ3n) is 4.40. The molecule has 3 N–H and O–H groups in total. The fraction of sp³-hybridized carbons (Fsp3) is 0.600. The van der Waals surface area contributed by atoms with E-state index in [-0.39, 0.29) is 0 Å². The van der Waals surface area contributed by atoms with Crippen LogP contribution in [0.4, 0.5) is 0 Å². The molecule has 3 atom stereocenters. The highest BCUT2D eigenvalue weighted by Crippen LogP contribution is 2.36. The second kappa shape index (κ2) is 7.07. The Morgan fingerprint density at radius 2 is 2.26 bits per heavy atom. The second-order valence-corrected chi connectivity index (χ2v) is 6.88. The predicted octanol–water partition coefficient (Wildman–Crippen LogP) is 4.30. The summed E-state index contributed by atoms with van der Waals surface area (Å²) < 4.78 is 1.02. The van der Waals surface area contributed by atoms with Crippen molar-refractivity contribution in [2.24, 2.45) is 17.7 Å². The smallest absolute Gasteiger partial charge is 0.0449 e. The second-order valence-electron chi connectivity index (χ2n) is 5.56. The van der Waals surface area contributed by atoms with Crippen LogP contribution in [0.2, 0.25) is 5.02 Å². The van der Waals surface area contributed by atoms with Crippen molar-refractivity contribution in [1.82, 2.24) is 5.43 Å². The molecule has 0 spiro atoms. The van der Waals surface area contributed by atoms with Crippen LogP contribution >= 0.6 is 27.5 Å². The molecule has 3 unspecified atom stereocenters. The maximum absolute atomic E-state index is 6.29. The Balaban J connectivity index is 2.03. The van der Waals surface area contributed by atoms with Crippen molar-refractivity contribution >= 4 is 27.5 Å². The van der Waals surface area contributed by atoms with Crippen LogP contribution in [0.5, 0.6) is 0 Å². The Kier molecular flexibility index (Phi) is 5.70. The number of rotatable bonds is 5. The fourth-order valence-corrected chi connectivity index (χ4v) is 3.89. The first-order valence-corrected chi connectivity index (χ1v) is 8.21. The van der Waals surface area contributed by atoms with E-state index in [1.54, 1.807) is 0 Å². The topological polar surface area (TPSA) is 38.0 Å². The number of nitrogens with one attached hydrogen (secondary N) is 1. The number of benzene rings is 1. The van der Waals surface area contributed by atoms with E-state index in [4.69, 9.17) is 17.4 Å². The zero-order chi connectivity index (χ0) is 13.8. The molecule has 1 aliphatic rings. The number of hydrazine groups is 1. The largest absolute Gasteiger partial charge is 0.271 e. The third kappa shape index (κ3) is 3.94. The lowest BCUT2D eigenvalue weighted by Crippen LogP contribution is -2.41. The minimum absolute atomic E-state index is 0.329. The van der Waals surface area contributed by atoms with Gasteiger partial charge in [0.25, 0.3) is 0 Å². The van der Waals surface area contributed by atoms with E-state index < -0.39 is 0 Å². The Labute approximate surface area is 129 Å². The highest BCUT2D eigenvalue weighted by molar-refractivity contribution is 9.10. The maximum atomic E-state index is 6.29. The van der Waals surface area contributed by atoms with Crippen LogP contribution < -0.4 is 11.3 Å². The Morgan fingerprint density at radius 1 is 1.47 bits per heavy atom. The summed E-state index contributed by atoms with van der Waals surface area (Å²) in [6, 6.07) is 6.41. The van der Waals surface area contributed by atoms with Gasteiger partial charge in [-0.25, -0.2) is 0 Å². The molecule has 2 rings (SSSR count). The summed E-state index contributed by atoms with van der Waals surface area (Å²) in [6.07, 6.45) is 6.10. The molecular weight excluding hydrogens is 324 g/mol. The first kappa shape index (κ1) is 15.3. The number of hydrogen-bond acceptors (Lipinski definition) is 2. The first-order chi connectivity index (χ1) is 9.13. The van der Waals surface area contributed by atoms with E-state index in [1.807, 2.05) is 12.1 Å². The number of nitrogens with two attached hydrogens (primary N) is 1. The first-order valence-electron chi connectivity index (χ1n) is 7.04. The molecule has 1 saturated carbocycles. The number of hydrogen-bond donors (Lipinski definition) is 2. The fourth-order valence-electron chi connectivity index (χ4n) is 3.14. The van der Waals surface area contributed by atoms with E-state index in [0.29, 0.717) is 12.0 Å². The minimum Gasteiger partial charge on any atom is -0.271 e. The molecule has 0 amide bonds. The van der Waals surface area contributed by atoms with E-state index in [9.17, 15) is 0 Å². The van der Waals surface area contributed by atoms with Gasteiger partial charge in [0.1, 0.15) is 0 Å². The molecule has 0 bridgehead atoms. The van der Waals surface area contributed by atoms with Gasteiger partial charge in [0.15, 0.2) is 0 Å². The van der Waals surface area contributed by atoms with Gasteiger partial charge in [-0.05, 0) is 48.8 Å². The summed E-state index contributed by atoms with van der Waals surface area (Å²) >= 11 is 9.73. The Hall–Kier alpha value is -0.0900. The molecule has 0 radical (unpaired) electrons. The Bertz CT molecular complexity index is 425. The van der Waals surface area contributed by atoms with Crippen LogP contribution in [-0.2, 0) is 6.42 Å². The van der Waals surface area contributed by atoms with Crippen molar-refractivity contribution in [2.75, 3.05) is 0 Å². The summed E-state index contributed by atoms with van der Waals surface area (Å²) in [5.74, 6) is 7.32. The van der Waals surface area contributed by atoms with Crippen LogP contribution in [0.1, 0.15) is 38.2 Å². The van der Waals surface area contributed by atoms with Crippen molar-refractivity contribution in [3.05, 3.63) is 33.3 Å². The van der Waals surface area contributed by atoms with Crippen LogP contribution in [0, 0.1) is 11.8 Å². The van der Waals surface area contributed by atoms with Gasteiger partial charge in [-0.2, -0.15) is 0 Å². The van der Waals surface area contributed by atoms with Gasteiger partial charge in [-0.15, -0.1) is 0 Å². The van der Waals surface area contributed by atoms with Crippen molar-refractivity contribution in [2.45, 2.75) is 45.1 Å². The molecule has 1 fully saturated rings. The van der Waals surface area contributed by atoms with Crippen molar-refractivity contribution in [3.8, 4) is 0 Å². The van der Waals surface area contributed by atoms with Crippen LogP contribution in [-0.4, -0.2) is 6.04 Å². The molecular formula is C15H22BrClN2. The molecule has 0 aliphatic heterocycles. The van der Waals surface area contributed by atoms with Gasteiger partial charge in [0.2, 0.25) is 0 Å². The highest BCUT2D eigenvalue weighted by Gasteiger charge is 2.29. The summed E-state index contributed by atoms with van der Waals surface area (Å²) in [7, 11) is 0. The Morgan fingerprint density at radius 3 is 2.84 bits per heavy atom. The van der Waals surface area contributed by atoms with E-state index in [1.165, 1.54) is 31.2 Å². The molecule has 19 heavy (non-hydrogen) atoms. The molecule has 1 aromatic rings. The zero-order valence-corrected chi connectivity index (χ0v) is 13.7. The summed E-state index contributed by atoms with van der Waals surface area (Å²) in [5, 5.41) is 0.819. The summed E-state index contributed by atoms with van der Waals surface area (Å²) in [5.41, 5.74) is 4.18. The van der Waals surface area contributed by atoms with E-state index >= 15 is 0 Å². The minimum atomic E-state index is 0.329. The van der Waals surface area contributed by atoms with E-state index in [0.717, 1.165) is 21.8 Å². The van der Waals surface area contributed by atoms with Gasteiger partial charge in [-0.1, -0.05) is 53.4 Å². The zero-order valence-electron chi connectivity index (χ0n) is 11.3. The van der Waals surface area contributed by atoms with Crippen LogP contribution in [0.25, 0.3) is 0 Å². The van der Waals surface area contributed by atoms with Crippen LogP contribution in [0.3, 0.4) is 0 Å². The summed E-state index contributed by atoms with van der Waals surface area (Å²) in [6.45, 7) is 2.28. The van der Waals surface area contributed by atoms with Crippen molar-refractivity contribution < 1.29 is 0 Å². The van der Waals surface area contributed by atoms with Crippen LogP contribution in [0.15, 0.2) is 22.7 Å². The SMILES string of the molecule is CCC1CCC(C(Cc2ccc(Br)cc2Cl)NN)C1. The molecule has 0 heterocycles. The quantitative estimate of drug-likeness (QED) is 0.616. The lowest BCUT2D eigenvalue weighted by Gasteiger charge is -2.23. The monoisotopic (exact) mass is 344 g/mol. The lowest BCUT2D eigenvalue weighted by molar-refractivity contribution is 0.348. The standard InChI is InChI=1S/C15H22BrClN2/c1-2-10-3-4-12(7-10)15(19-18)8-11-5-6-13(16)9-14(11)17/h5-6,9-10,12,15,19H,2-4,7-8,18H2,1H3.